The highest BCUT2D eigenvalue weighted by Crippen LogP contribution is 2.39. The fraction of sp³-hybridized carbons (Fsp3) is 0.500. The van der Waals surface area contributed by atoms with Crippen molar-refractivity contribution in [3.8, 4) is 11.5 Å². The van der Waals surface area contributed by atoms with Gasteiger partial charge in [-0.05, 0) is 44.9 Å². The van der Waals surface area contributed by atoms with E-state index in [9.17, 15) is 9.90 Å². The molecule has 2 atom stereocenters. The third kappa shape index (κ3) is 3.73. The minimum Gasteiger partial charge on any atom is -0.505 e. The van der Waals surface area contributed by atoms with Gasteiger partial charge >= 0.3 is 0 Å². The molecule has 0 aliphatic heterocycles. The second-order valence-electron chi connectivity index (χ2n) is 7.18. The summed E-state index contributed by atoms with van der Waals surface area (Å²) in [6.07, 6.45) is 7.01. The minimum atomic E-state index is -0.225. The second kappa shape index (κ2) is 8.12. The summed E-state index contributed by atoms with van der Waals surface area (Å²) in [5.74, 6) is 0.880. The van der Waals surface area contributed by atoms with Crippen LogP contribution in [0.1, 0.15) is 67.5 Å². The van der Waals surface area contributed by atoms with Gasteiger partial charge in [-0.1, -0.05) is 24.4 Å². The predicted octanol–water partition coefficient (Wildman–Crippen LogP) is 4.99. The summed E-state index contributed by atoms with van der Waals surface area (Å²) < 4.78 is 8.04. The molecule has 1 aliphatic rings. The van der Waals surface area contributed by atoms with Crippen LogP contribution in [0.2, 0.25) is 5.02 Å². The number of phenols is 1. The molecule has 0 bridgehead atoms. The molecule has 5 nitrogen and oxygen atoms in total. The van der Waals surface area contributed by atoms with Crippen molar-refractivity contribution in [2.45, 2.75) is 51.5 Å². The minimum absolute atomic E-state index is 0.108. The Bertz CT molecular complexity index is 772. The molecule has 1 aromatic heterocycles. The molecule has 1 heterocycles. The summed E-state index contributed by atoms with van der Waals surface area (Å²) >= 11 is 5.88. The maximum Gasteiger partial charge on any atom is 0.157 e. The zero-order valence-electron chi connectivity index (χ0n) is 15.2. The van der Waals surface area contributed by atoms with E-state index in [1.807, 2.05) is 6.20 Å². The van der Waals surface area contributed by atoms with Gasteiger partial charge in [0.15, 0.2) is 6.29 Å². The molecule has 0 saturated heterocycles. The fourth-order valence-electron chi connectivity index (χ4n) is 3.85. The molecule has 0 radical (unpaired) electrons. The lowest BCUT2D eigenvalue weighted by Gasteiger charge is -2.32. The maximum atomic E-state index is 11.3. The van der Waals surface area contributed by atoms with Gasteiger partial charge in [-0.25, -0.2) is 0 Å². The van der Waals surface area contributed by atoms with Crippen molar-refractivity contribution in [3.05, 3.63) is 40.7 Å². The highest BCUT2D eigenvalue weighted by molar-refractivity contribution is 6.32. The molecule has 3 rings (SSSR count). The van der Waals surface area contributed by atoms with E-state index in [0.717, 1.165) is 12.8 Å². The second-order valence-corrected chi connectivity index (χ2v) is 7.59. The van der Waals surface area contributed by atoms with Crippen molar-refractivity contribution in [1.29, 1.82) is 0 Å². The van der Waals surface area contributed by atoms with Crippen molar-refractivity contribution in [1.82, 2.24) is 9.78 Å². The van der Waals surface area contributed by atoms with E-state index in [2.05, 4.69) is 29.7 Å². The number of carbonyl (C=O) groups excluding carboxylic acids is 1. The molecule has 2 aromatic rings. The Morgan fingerprint density at radius 1 is 1.35 bits per heavy atom. The normalized spacial score (nSPS) is 20.3. The third-order valence-corrected chi connectivity index (χ3v) is 5.48. The van der Waals surface area contributed by atoms with E-state index in [4.69, 9.17) is 16.3 Å². The average Bonchev–Trinajstić information content (AvgIpc) is 3.13. The number of hydrogen-bond acceptors (Lipinski definition) is 4. The van der Waals surface area contributed by atoms with Crippen LogP contribution in [0.3, 0.4) is 0 Å². The highest BCUT2D eigenvalue weighted by atomic mass is 35.5. The smallest absolute Gasteiger partial charge is 0.157 e. The molecule has 26 heavy (non-hydrogen) atoms. The van der Waals surface area contributed by atoms with Crippen LogP contribution < -0.4 is 4.74 Å². The lowest BCUT2D eigenvalue weighted by molar-refractivity contribution is 0.111. The molecule has 140 valence electrons. The zero-order chi connectivity index (χ0) is 18.7. The van der Waals surface area contributed by atoms with Gasteiger partial charge in [-0.2, -0.15) is 5.10 Å². The van der Waals surface area contributed by atoms with E-state index in [1.54, 1.807) is 12.1 Å². The van der Waals surface area contributed by atoms with Gasteiger partial charge in [0.1, 0.15) is 11.5 Å². The molecule has 0 amide bonds. The standard InChI is InChI=1S/C20H25ClN2O3/c1-13(2)23-18(9-10-22-23)15-6-4-3-5-14(15)12-26-19-8-7-17(21)20(25)16(19)11-24/h7-11,13-15,25H,3-6,12H2,1-2H3. The van der Waals surface area contributed by atoms with E-state index in [0.29, 0.717) is 36.5 Å². The summed E-state index contributed by atoms with van der Waals surface area (Å²) in [5, 5.41) is 14.6. The molecule has 1 fully saturated rings. The number of carbonyl (C=O) groups is 1. The number of nitrogens with zero attached hydrogens (tertiary/aromatic N) is 2. The van der Waals surface area contributed by atoms with Crippen LogP contribution in [0.5, 0.6) is 11.5 Å². The van der Waals surface area contributed by atoms with Crippen LogP contribution in [0, 0.1) is 5.92 Å². The summed E-state index contributed by atoms with van der Waals surface area (Å²) in [6, 6.07) is 5.61. The number of benzene rings is 1. The van der Waals surface area contributed by atoms with Crippen LogP contribution >= 0.6 is 11.6 Å². The summed E-state index contributed by atoms with van der Waals surface area (Å²) in [7, 11) is 0. The summed E-state index contributed by atoms with van der Waals surface area (Å²) in [6.45, 7) is 4.77. The number of aldehydes is 1. The lowest BCUT2D eigenvalue weighted by atomic mass is 9.77. The molecular weight excluding hydrogens is 352 g/mol. The first kappa shape index (κ1) is 18.8. The van der Waals surface area contributed by atoms with E-state index in [-0.39, 0.29) is 16.3 Å². The molecule has 0 spiro atoms. The van der Waals surface area contributed by atoms with Crippen molar-refractivity contribution in [3.63, 3.8) is 0 Å². The zero-order valence-corrected chi connectivity index (χ0v) is 15.9. The van der Waals surface area contributed by atoms with Gasteiger partial charge in [-0.3, -0.25) is 9.48 Å². The van der Waals surface area contributed by atoms with Crippen molar-refractivity contribution in [2.75, 3.05) is 6.61 Å². The number of aromatic hydroxyl groups is 1. The quantitative estimate of drug-likeness (QED) is 0.721. The molecular formula is C20H25ClN2O3. The topological polar surface area (TPSA) is 64.3 Å². The van der Waals surface area contributed by atoms with Crippen LogP contribution in [0.25, 0.3) is 0 Å². The van der Waals surface area contributed by atoms with Gasteiger partial charge < -0.3 is 9.84 Å². The molecule has 1 N–H and O–H groups in total. The van der Waals surface area contributed by atoms with Gasteiger partial charge in [0.05, 0.1) is 17.2 Å². The summed E-state index contributed by atoms with van der Waals surface area (Å²) in [4.78, 5) is 11.3. The Labute approximate surface area is 158 Å². The maximum absolute atomic E-state index is 11.3. The Kier molecular flexibility index (Phi) is 5.87. The summed E-state index contributed by atoms with van der Waals surface area (Å²) in [5.41, 5.74) is 1.36. The Balaban J connectivity index is 1.79. The average molecular weight is 377 g/mol. The first-order valence-corrected chi connectivity index (χ1v) is 9.53. The molecule has 6 heteroatoms. The number of aromatic nitrogens is 2. The van der Waals surface area contributed by atoms with Crippen LogP contribution in [-0.4, -0.2) is 27.8 Å². The van der Waals surface area contributed by atoms with Gasteiger partial charge in [0, 0.05) is 29.8 Å². The van der Waals surface area contributed by atoms with E-state index in [1.165, 1.54) is 18.5 Å². The van der Waals surface area contributed by atoms with Crippen molar-refractivity contribution >= 4 is 17.9 Å². The van der Waals surface area contributed by atoms with Crippen molar-refractivity contribution < 1.29 is 14.6 Å². The van der Waals surface area contributed by atoms with Crippen LogP contribution in [0.4, 0.5) is 0 Å². The van der Waals surface area contributed by atoms with Gasteiger partial charge in [0.2, 0.25) is 0 Å². The van der Waals surface area contributed by atoms with Crippen LogP contribution in [0.15, 0.2) is 24.4 Å². The number of phenolic OH excluding ortho intramolecular Hbond substituents is 1. The molecule has 1 aromatic carbocycles. The molecule has 2 unspecified atom stereocenters. The number of rotatable bonds is 6. The lowest BCUT2D eigenvalue weighted by Crippen LogP contribution is -2.26. The molecule has 1 saturated carbocycles. The van der Waals surface area contributed by atoms with Gasteiger partial charge in [-0.15, -0.1) is 0 Å². The van der Waals surface area contributed by atoms with E-state index < -0.39 is 0 Å². The highest BCUT2D eigenvalue weighted by Gasteiger charge is 2.30. The van der Waals surface area contributed by atoms with Crippen molar-refractivity contribution in [2.24, 2.45) is 5.92 Å². The SMILES string of the molecule is CC(C)n1nccc1C1CCCCC1COc1ccc(Cl)c(O)c1C=O. The van der Waals surface area contributed by atoms with Crippen LogP contribution in [-0.2, 0) is 0 Å². The number of ether oxygens (including phenoxy) is 1. The Morgan fingerprint density at radius 2 is 2.12 bits per heavy atom. The number of hydrogen-bond donors (Lipinski definition) is 1. The predicted molar refractivity (Wildman–Crippen MR) is 101 cm³/mol. The third-order valence-electron chi connectivity index (χ3n) is 5.18. The first-order chi connectivity index (χ1) is 12.5. The number of halogens is 1. The fourth-order valence-corrected chi connectivity index (χ4v) is 4.01. The first-order valence-electron chi connectivity index (χ1n) is 9.15. The monoisotopic (exact) mass is 376 g/mol. The van der Waals surface area contributed by atoms with E-state index >= 15 is 0 Å². The van der Waals surface area contributed by atoms with Gasteiger partial charge in [0.25, 0.3) is 0 Å². The molecule has 1 aliphatic carbocycles. The Morgan fingerprint density at radius 3 is 2.85 bits per heavy atom. The Hall–Kier alpha value is -2.01. The largest absolute Gasteiger partial charge is 0.505 e.